The van der Waals surface area contributed by atoms with E-state index in [4.69, 9.17) is 0 Å². The van der Waals surface area contributed by atoms with Gasteiger partial charge in [-0.2, -0.15) is 0 Å². The van der Waals surface area contributed by atoms with E-state index in [9.17, 15) is 0 Å². The van der Waals surface area contributed by atoms with Gasteiger partial charge in [0.25, 0.3) is 0 Å². The summed E-state index contributed by atoms with van der Waals surface area (Å²) in [5, 5.41) is 3.27. The molecule has 0 saturated carbocycles. The molecule has 1 fully saturated rings. The molecule has 18 heavy (non-hydrogen) atoms. The van der Waals surface area contributed by atoms with Crippen LogP contribution in [0.2, 0.25) is 0 Å². The molecule has 2 nitrogen and oxygen atoms in total. The molecule has 1 aliphatic rings. The highest BCUT2D eigenvalue weighted by Gasteiger charge is 2.20. The summed E-state index contributed by atoms with van der Waals surface area (Å²) < 4.78 is 1.18. The average Bonchev–Trinajstić information content (AvgIpc) is 2.41. The fraction of sp³-hybridized carbons (Fsp3) is 0.600. The number of piperidine rings is 1. The van der Waals surface area contributed by atoms with Gasteiger partial charge in [0.2, 0.25) is 0 Å². The standard InChI is InChI=1S/C15H23BrN2/c1-3-12-5-4-8-18(11-12)15-9-14(16)7-6-13(15)10-17-2/h6-7,9,12,17H,3-5,8,10-11H2,1-2H3. The van der Waals surface area contributed by atoms with Gasteiger partial charge in [-0.3, -0.25) is 0 Å². The minimum Gasteiger partial charge on any atom is -0.371 e. The van der Waals surface area contributed by atoms with Crippen LogP contribution < -0.4 is 10.2 Å². The highest BCUT2D eigenvalue weighted by atomic mass is 79.9. The van der Waals surface area contributed by atoms with Gasteiger partial charge >= 0.3 is 0 Å². The molecule has 0 aliphatic carbocycles. The zero-order valence-electron chi connectivity index (χ0n) is 11.4. The molecule has 0 spiro atoms. The van der Waals surface area contributed by atoms with Crippen LogP contribution in [0.1, 0.15) is 31.7 Å². The molecule has 1 atom stereocenters. The second-order valence-corrected chi connectivity index (χ2v) is 6.08. The molecule has 1 aliphatic heterocycles. The molecule has 1 heterocycles. The van der Waals surface area contributed by atoms with Crippen LogP contribution in [0, 0.1) is 5.92 Å². The molecule has 3 heteroatoms. The number of rotatable bonds is 4. The van der Waals surface area contributed by atoms with Crippen LogP contribution >= 0.6 is 15.9 Å². The topological polar surface area (TPSA) is 15.3 Å². The highest BCUT2D eigenvalue weighted by Crippen LogP contribution is 2.30. The zero-order valence-corrected chi connectivity index (χ0v) is 13.0. The van der Waals surface area contributed by atoms with E-state index >= 15 is 0 Å². The fourth-order valence-electron chi connectivity index (χ4n) is 2.79. The minimum absolute atomic E-state index is 0.861. The molecule has 100 valence electrons. The predicted molar refractivity (Wildman–Crippen MR) is 82.1 cm³/mol. The van der Waals surface area contributed by atoms with Gasteiger partial charge in [-0.1, -0.05) is 35.3 Å². The van der Waals surface area contributed by atoms with E-state index in [1.165, 1.54) is 48.1 Å². The molecule has 1 aromatic carbocycles. The maximum absolute atomic E-state index is 3.60. The van der Waals surface area contributed by atoms with E-state index in [-0.39, 0.29) is 0 Å². The number of nitrogens with zero attached hydrogens (tertiary/aromatic N) is 1. The summed E-state index contributed by atoms with van der Waals surface area (Å²) in [6.07, 6.45) is 4.01. The Kier molecular flexibility index (Phi) is 5.07. The minimum atomic E-state index is 0.861. The summed E-state index contributed by atoms with van der Waals surface area (Å²) in [7, 11) is 2.01. The van der Waals surface area contributed by atoms with Crippen molar-refractivity contribution in [3.63, 3.8) is 0 Å². The maximum atomic E-state index is 3.60. The van der Waals surface area contributed by atoms with Crippen molar-refractivity contribution in [2.75, 3.05) is 25.0 Å². The first-order chi connectivity index (χ1) is 8.74. The molecule has 1 aromatic rings. The number of anilines is 1. The predicted octanol–water partition coefficient (Wildman–Crippen LogP) is 3.79. The molecular formula is C15H23BrN2. The summed E-state index contributed by atoms with van der Waals surface area (Å²) >= 11 is 3.60. The molecule has 1 N–H and O–H groups in total. The third-order valence-corrected chi connectivity index (χ3v) is 4.34. The van der Waals surface area contributed by atoms with Crippen molar-refractivity contribution < 1.29 is 0 Å². The number of nitrogens with one attached hydrogen (secondary N) is 1. The largest absolute Gasteiger partial charge is 0.371 e. The van der Waals surface area contributed by atoms with Crippen molar-refractivity contribution >= 4 is 21.6 Å². The number of benzene rings is 1. The Balaban J connectivity index is 2.22. The first-order valence-corrected chi connectivity index (χ1v) is 7.72. The molecule has 1 saturated heterocycles. The van der Waals surface area contributed by atoms with Crippen molar-refractivity contribution in [1.82, 2.24) is 5.32 Å². The SMILES string of the molecule is CCC1CCCN(c2cc(Br)ccc2CNC)C1. The molecular weight excluding hydrogens is 288 g/mol. The Bertz CT molecular complexity index is 392. The van der Waals surface area contributed by atoms with Crippen molar-refractivity contribution in [3.8, 4) is 0 Å². The average molecular weight is 311 g/mol. The third kappa shape index (κ3) is 3.27. The van der Waals surface area contributed by atoms with Crippen molar-refractivity contribution in [2.45, 2.75) is 32.7 Å². The van der Waals surface area contributed by atoms with Gasteiger partial charge in [-0.25, -0.2) is 0 Å². The van der Waals surface area contributed by atoms with Crippen LogP contribution in [0.15, 0.2) is 22.7 Å². The molecule has 2 rings (SSSR count). The van der Waals surface area contributed by atoms with Crippen molar-refractivity contribution in [3.05, 3.63) is 28.2 Å². The van der Waals surface area contributed by atoms with Crippen molar-refractivity contribution in [2.24, 2.45) is 5.92 Å². The lowest BCUT2D eigenvalue weighted by Gasteiger charge is -2.35. The van der Waals surface area contributed by atoms with E-state index in [0.717, 1.165) is 12.5 Å². The van der Waals surface area contributed by atoms with Crippen LogP contribution in [0.25, 0.3) is 0 Å². The van der Waals surface area contributed by atoms with Crippen LogP contribution in [-0.2, 0) is 6.54 Å². The van der Waals surface area contributed by atoms with Gasteiger partial charge in [0, 0.05) is 29.8 Å². The second kappa shape index (κ2) is 6.58. The maximum Gasteiger partial charge on any atom is 0.0423 e. The lowest BCUT2D eigenvalue weighted by Crippen LogP contribution is -2.36. The van der Waals surface area contributed by atoms with E-state index in [1.807, 2.05) is 7.05 Å². The van der Waals surface area contributed by atoms with Crippen LogP contribution in [0.3, 0.4) is 0 Å². The van der Waals surface area contributed by atoms with Gasteiger partial charge in [-0.05, 0) is 43.5 Å². The molecule has 0 radical (unpaired) electrons. The number of hydrogen-bond donors (Lipinski definition) is 1. The van der Waals surface area contributed by atoms with Gasteiger partial charge in [0.05, 0.1) is 0 Å². The lowest BCUT2D eigenvalue weighted by molar-refractivity contribution is 0.404. The van der Waals surface area contributed by atoms with E-state index in [1.54, 1.807) is 0 Å². The van der Waals surface area contributed by atoms with E-state index in [2.05, 4.69) is 51.3 Å². The normalized spacial score (nSPS) is 20.2. The molecule has 1 unspecified atom stereocenters. The van der Waals surface area contributed by atoms with Crippen LogP contribution in [0.4, 0.5) is 5.69 Å². The Morgan fingerprint density at radius 3 is 3.00 bits per heavy atom. The Hall–Kier alpha value is -0.540. The summed E-state index contributed by atoms with van der Waals surface area (Å²) in [4.78, 5) is 2.56. The fourth-order valence-corrected chi connectivity index (χ4v) is 3.14. The summed E-state index contributed by atoms with van der Waals surface area (Å²) in [6.45, 7) is 5.66. The molecule has 0 amide bonds. The van der Waals surface area contributed by atoms with Crippen molar-refractivity contribution in [1.29, 1.82) is 0 Å². The van der Waals surface area contributed by atoms with Crippen LogP contribution in [-0.4, -0.2) is 20.1 Å². The van der Waals surface area contributed by atoms with Gasteiger partial charge in [0.15, 0.2) is 0 Å². The Morgan fingerprint density at radius 2 is 2.28 bits per heavy atom. The lowest BCUT2D eigenvalue weighted by atomic mass is 9.94. The van der Waals surface area contributed by atoms with Gasteiger partial charge in [-0.15, -0.1) is 0 Å². The Morgan fingerprint density at radius 1 is 1.44 bits per heavy atom. The summed E-state index contributed by atoms with van der Waals surface area (Å²) in [6, 6.07) is 6.63. The summed E-state index contributed by atoms with van der Waals surface area (Å²) in [5.41, 5.74) is 2.80. The van der Waals surface area contributed by atoms with Gasteiger partial charge < -0.3 is 10.2 Å². The summed E-state index contributed by atoms with van der Waals surface area (Å²) in [5.74, 6) is 0.861. The first-order valence-electron chi connectivity index (χ1n) is 6.92. The monoisotopic (exact) mass is 310 g/mol. The smallest absolute Gasteiger partial charge is 0.0423 e. The molecule has 0 aromatic heterocycles. The van der Waals surface area contributed by atoms with E-state index < -0.39 is 0 Å². The second-order valence-electron chi connectivity index (χ2n) is 5.17. The third-order valence-electron chi connectivity index (χ3n) is 3.85. The number of hydrogen-bond acceptors (Lipinski definition) is 2. The first kappa shape index (κ1) is 13.9. The molecule has 0 bridgehead atoms. The highest BCUT2D eigenvalue weighted by molar-refractivity contribution is 9.10. The Labute approximate surface area is 119 Å². The zero-order chi connectivity index (χ0) is 13.0. The van der Waals surface area contributed by atoms with Gasteiger partial charge in [0.1, 0.15) is 0 Å². The number of halogens is 1. The van der Waals surface area contributed by atoms with Crippen LogP contribution in [0.5, 0.6) is 0 Å². The quantitative estimate of drug-likeness (QED) is 0.910. The van der Waals surface area contributed by atoms with E-state index in [0.29, 0.717) is 0 Å².